The number of hydrogen-bond donors (Lipinski definition) is 1. The predicted molar refractivity (Wildman–Crippen MR) is 74.2 cm³/mol. The predicted octanol–water partition coefficient (Wildman–Crippen LogP) is 4.25. The van der Waals surface area contributed by atoms with Crippen molar-refractivity contribution in [2.45, 2.75) is 38.6 Å². The molecule has 88 valence electrons. The van der Waals surface area contributed by atoms with Gasteiger partial charge >= 0.3 is 0 Å². The Morgan fingerprint density at radius 2 is 2.12 bits per heavy atom. The van der Waals surface area contributed by atoms with Gasteiger partial charge in [0.25, 0.3) is 5.91 Å². The molecule has 0 spiro atoms. The molecule has 0 aromatic carbocycles. The van der Waals surface area contributed by atoms with Crippen LogP contribution >= 0.6 is 43.2 Å². The summed E-state index contributed by atoms with van der Waals surface area (Å²) in [6, 6.07) is 0. The van der Waals surface area contributed by atoms with Gasteiger partial charge in [-0.25, -0.2) is 0 Å². The van der Waals surface area contributed by atoms with E-state index in [4.69, 9.17) is 0 Å². The van der Waals surface area contributed by atoms with Gasteiger partial charge in [0, 0.05) is 10.0 Å². The molecule has 1 aromatic rings. The Kier molecular flexibility index (Phi) is 3.48. The van der Waals surface area contributed by atoms with Gasteiger partial charge in [-0.15, -0.1) is 11.3 Å². The van der Waals surface area contributed by atoms with E-state index < -0.39 is 0 Å². The van der Waals surface area contributed by atoms with Gasteiger partial charge in [0.05, 0.1) is 8.66 Å². The Morgan fingerprint density at radius 3 is 2.50 bits per heavy atom. The molecule has 1 N–H and O–H groups in total. The maximum absolute atomic E-state index is 12.1. The Labute approximate surface area is 116 Å². The third kappa shape index (κ3) is 2.22. The van der Waals surface area contributed by atoms with Crippen LogP contribution in [-0.4, -0.2) is 11.4 Å². The van der Waals surface area contributed by atoms with Crippen molar-refractivity contribution in [2.24, 2.45) is 0 Å². The molecule has 0 unspecified atom stereocenters. The van der Waals surface area contributed by atoms with Crippen molar-refractivity contribution in [1.82, 2.24) is 5.32 Å². The maximum atomic E-state index is 12.1. The minimum atomic E-state index is 0.0632. The molecule has 5 heteroatoms. The zero-order chi connectivity index (χ0) is 11.9. The Morgan fingerprint density at radius 1 is 1.50 bits per heavy atom. The first kappa shape index (κ1) is 12.6. The average molecular weight is 367 g/mol. The van der Waals surface area contributed by atoms with Crippen LogP contribution in [-0.2, 0) is 0 Å². The Bertz CT molecular complexity index is 437. The van der Waals surface area contributed by atoms with Crippen molar-refractivity contribution >= 4 is 49.1 Å². The van der Waals surface area contributed by atoms with E-state index in [1.807, 2.05) is 6.92 Å². The molecule has 0 radical (unpaired) electrons. The average Bonchev–Trinajstić information content (AvgIpc) is 2.98. The van der Waals surface area contributed by atoms with Gasteiger partial charge in [0.2, 0.25) is 0 Å². The third-order valence-electron chi connectivity index (χ3n) is 3.15. The summed E-state index contributed by atoms with van der Waals surface area (Å²) in [5.74, 6) is 0.0632. The topological polar surface area (TPSA) is 29.1 Å². The van der Waals surface area contributed by atoms with Crippen molar-refractivity contribution in [3.05, 3.63) is 18.7 Å². The van der Waals surface area contributed by atoms with Crippen LogP contribution in [0.2, 0.25) is 0 Å². The molecule has 0 aliphatic heterocycles. The second kappa shape index (κ2) is 4.42. The van der Waals surface area contributed by atoms with Crippen molar-refractivity contribution in [3.63, 3.8) is 0 Å². The lowest BCUT2D eigenvalue weighted by molar-refractivity contribution is 0.0934. The monoisotopic (exact) mass is 365 g/mol. The molecule has 2 rings (SSSR count). The van der Waals surface area contributed by atoms with E-state index in [0.717, 1.165) is 38.0 Å². The minimum Gasteiger partial charge on any atom is -0.346 e. The summed E-state index contributed by atoms with van der Waals surface area (Å²) in [5.41, 5.74) is 1.10. The molecule has 0 bridgehead atoms. The number of rotatable bonds is 3. The fraction of sp³-hybridized carbons (Fsp3) is 0.545. The Balaban J connectivity index is 2.18. The molecule has 1 aliphatic rings. The highest BCUT2D eigenvalue weighted by Gasteiger charge is 2.42. The second-order valence-electron chi connectivity index (χ2n) is 4.23. The zero-order valence-electron chi connectivity index (χ0n) is 9.19. The van der Waals surface area contributed by atoms with Crippen LogP contribution in [0.4, 0.5) is 0 Å². The highest BCUT2D eigenvalue weighted by molar-refractivity contribution is 9.13. The van der Waals surface area contributed by atoms with Crippen LogP contribution in [0.25, 0.3) is 0 Å². The first-order chi connectivity index (χ1) is 7.49. The molecule has 1 fully saturated rings. The summed E-state index contributed by atoms with van der Waals surface area (Å²) in [6.45, 7) is 4.09. The lowest BCUT2D eigenvalue weighted by Gasteiger charge is -2.14. The van der Waals surface area contributed by atoms with E-state index in [2.05, 4.69) is 44.1 Å². The van der Waals surface area contributed by atoms with Crippen LogP contribution in [0.1, 0.15) is 41.4 Å². The molecular formula is C11H13Br2NOS. The number of amides is 1. The second-order valence-corrected chi connectivity index (χ2v) is 7.36. The minimum absolute atomic E-state index is 0.0632. The van der Waals surface area contributed by atoms with E-state index in [9.17, 15) is 4.79 Å². The molecule has 16 heavy (non-hydrogen) atoms. The summed E-state index contributed by atoms with van der Waals surface area (Å²) in [4.78, 5) is 12.9. The SMILES string of the molecule is CCC1(NC(=O)c2sc(Br)c(Br)c2C)CC1. The summed E-state index contributed by atoms with van der Waals surface area (Å²) in [5, 5.41) is 3.14. The van der Waals surface area contributed by atoms with Gasteiger partial charge in [0.15, 0.2) is 0 Å². The van der Waals surface area contributed by atoms with Crippen molar-refractivity contribution in [1.29, 1.82) is 0 Å². The molecule has 1 heterocycles. The van der Waals surface area contributed by atoms with Crippen LogP contribution < -0.4 is 5.32 Å². The quantitative estimate of drug-likeness (QED) is 0.850. The number of thiophene rings is 1. The number of hydrogen-bond acceptors (Lipinski definition) is 2. The van der Waals surface area contributed by atoms with Crippen molar-refractivity contribution < 1.29 is 4.79 Å². The number of carbonyl (C=O) groups is 1. The highest BCUT2D eigenvalue weighted by atomic mass is 79.9. The zero-order valence-corrected chi connectivity index (χ0v) is 13.2. The Hall–Kier alpha value is 0.130. The number of nitrogens with one attached hydrogen (secondary N) is 1. The fourth-order valence-corrected chi connectivity index (χ4v) is 3.87. The molecule has 0 saturated heterocycles. The largest absolute Gasteiger partial charge is 0.346 e. The van der Waals surface area contributed by atoms with Crippen LogP contribution in [0, 0.1) is 6.92 Å². The van der Waals surface area contributed by atoms with Gasteiger partial charge in [-0.2, -0.15) is 0 Å². The first-order valence-corrected chi connectivity index (χ1v) is 7.66. The summed E-state index contributed by atoms with van der Waals surface area (Å²) < 4.78 is 1.97. The summed E-state index contributed by atoms with van der Waals surface area (Å²) in [6.07, 6.45) is 3.25. The normalized spacial score (nSPS) is 17.2. The maximum Gasteiger partial charge on any atom is 0.262 e. The molecule has 0 atom stereocenters. The van der Waals surface area contributed by atoms with Crippen LogP contribution in [0.3, 0.4) is 0 Å². The first-order valence-electron chi connectivity index (χ1n) is 5.26. The highest BCUT2D eigenvalue weighted by Crippen LogP contribution is 2.41. The molecule has 1 amide bonds. The van der Waals surface area contributed by atoms with E-state index >= 15 is 0 Å². The summed E-state index contributed by atoms with van der Waals surface area (Å²) >= 11 is 8.39. The standard InChI is InChI=1S/C11H13Br2NOS/c1-3-11(4-5-11)14-10(15)8-6(2)7(12)9(13)16-8/h3-5H2,1-2H3,(H,14,15). The third-order valence-corrected chi connectivity index (χ3v) is 6.90. The van der Waals surface area contributed by atoms with E-state index in [-0.39, 0.29) is 11.4 Å². The van der Waals surface area contributed by atoms with Gasteiger partial charge < -0.3 is 5.32 Å². The van der Waals surface area contributed by atoms with Gasteiger partial charge in [-0.3, -0.25) is 4.79 Å². The van der Waals surface area contributed by atoms with E-state index in [1.54, 1.807) is 0 Å². The van der Waals surface area contributed by atoms with E-state index in [0.29, 0.717) is 0 Å². The lowest BCUT2D eigenvalue weighted by atomic mass is 10.2. The molecule has 1 aromatic heterocycles. The van der Waals surface area contributed by atoms with Crippen LogP contribution in [0.5, 0.6) is 0 Å². The van der Waals surface area contributed by atoms with Crippen molar-refractivity contribution in [2.75, 3.05) is 0 Å². The molecule has 2 nitrogen and oxygen atoms in total. The smallest absolute Gasteiger partial charge is 0.262 e. The number of carbonyl (C=O) groups excluding carboxylic acids is 1. The number of halogens is 2. The lowest BCUT2D eigenvalue weighted by Crippen LogP contribution is -2.36. The summed E-state index contributed by atoms with van der Waals surface area (Å²) in [7, 11) is 0. The van der Waals surface area contributed by atoms with Crippen molar-refractivity contribution in [3.8, 4) is 0 Å². The molecule has 1 aliphatic carbocycles. The van der Waals surface area contributed by atoms with Gasteiger partial charge in [0.1, 0.15) is 0 Å². The van der Waals surface area contributed by atoms with Gasteiger partial charge in [-0.1, -0.05) is 6.92 Å². The van der Waals surface area contributed by atoms with E-state index in [1.165, 1.54) is 11.3 Å². The molecule has 1 saturated carbocycles. The van der Waals surface area contributed by atoms with Crippen LogP contribution in [0.15, 0.2) is 8.26 Å². The molecular weight excluding hydrogens is 354 g/mol. The van der Waals surface area contributed by atoms with Gasteiger partial charge in [-0.05, 0) is 63.6 Å². The fourth-order valence-electron chi connectivity index (χ4n) is 1.69.